The molecule has 0 saturated carbocycles. The molecular formula is C21H22F3NO3. The van der Waals surface area contributed by atoms with Crippen molar-refractivity contribution in [2.45, 2.75) is 37.5 Å². The first-order valence-electron chi connectivity index (χ1n) is 9.11. The molecule has 2 atom stereocenters. The van der Waals surface area contributed by atoms with Crippen LogP contribution in [0.3, 0.4) is 0 Å². The molecule has 1 fully saturated rings. The van der Waals surface area contributed by atoms with Crippen LogP contribution in [-0.4, -0.2) is 35.7 Å². The van der Waals surface area contributed by atoms with Gasteiger partial charge in [0.15, 0.2) is 0 Å². The number of carboxylic acid groups (broad SMARTS) is 1. The van der Waals surface area contributed by atoms with E-state index in [1.165, 1.54) is 19.2 Å². The number of aliphatic carboxylic acids is 1. The average molecular weight is 393 g/mol. The number of halogens is 3. The van der Waals surface area contributed by atoms with E-state index < -0.39 is 29.8 Å². The van der Waals surface area contributed by atoms with Crippen LogP contribution in [0.2, 0.25) is 0 Å². The SMILES string of the molecule is COc1ccccc1C(c1ccc(C(F)(F)F)cc1)N1CCCCC1C(=O)O. The van der Waals surface area contributed by atoms with E-state index in [2.05, 4.69) is 0 Å². The average Bonchev–Trinajstić information content (AvgIpc) is 2.68. The zero-order chi connectivity index (χ0) is 20.3. The lowest BCUT2D eigenvalue weighted by molar-refractivity contribution is -0.145. The molecule has 0 bridgehead atoms. The molecule has 0 aliphatic carbocycles. The molecule has 150 valence electrons. The van der Waals surface area contributed by atoms with E-state index in [1.54, 1.807) is 12.1 Å². The Morgan fingerprint density at radius 2 is 1.82 bits per heavy atom. The van der Waals surface area contributed by atoms with Gasteiger partial charge in [-0.15, -0.1) is 0 Å². The molecule has 1 aliphatic heterocycles. The van der Waals surface area contributed by atoms with Gasteiger partial charge in [-0.25, -0.2) is 0 Å². The summed E-state index contributed by atoms with van der Waals surface area (Å²) in [5.74, 6) is -0.353. The molecule has 28 heavy (non-hydrogen) atoms. The van der Waals surface area contributed by atoms with Crippen molar-refractivity contribution < 1.29 is 27.8 Å². The minimum Gasteiger partial charge on any atom is -0.496 e. The highest BCUT2D eigenvalue weighted by atomic mass is 19.4. The second-order valence-electron chi connectivity index (χ2n) is 6.85. The highest BCUT2D eigenvalue weighted by Crippen LogP contribution is 2.39. The van der Waals surface area contributed by atoms with E-state index in [-0.39, 0.29) is 0 Å². The number of ether oxygens (including phenoxy) is 1. The number of carbonyl (C=O) groups is 1. The van der Waals surface area contributed by atoms with Crippen LogP contribution in [0.5, 0.6) is 5.75 Å². The van der Waals surface area contributed by atoms with Gasteiger partial charge in [-0.1, -0.05) is 36.8 Å². The monoisotopic (exact) mass is 393 g/mol. The third-order valence-corrected chi connectivity index (χ3v) is 5.15. The lowest BCUT2D eigenvalue weighted by Crippen LogP contribution is -2.46. The summed E-state index contributed by atoms with van der Waals surface area (Å²) in [5, 5.41) is 9.71. The number of hydrogen-bond acceptors (Lipinski definition) is 3. The molecule has 1 heterocycles. The maximum absolute atomic E-state index is 13.0. The van der Waals surface area contributed by atoms with Gasteiger partial charge < -0.3 is 9.84 Å². The number of alkyl halides is 3. The Bertz CT molecular complexity index is 820. The number of piperidine rings is 1. The Balaban J connectivity index is 2.10. The summed E-state index contributed by atoms with van der Waals surface area (Å²) >= 11 is 0. The topological polar surface area (TPSA) is 49.8 Å². The fourth-order valence-corrected chi connectivity index (χ4v) is 3.82. The summed E-state index contributed by atoms with van der Waals surface area (Å²) in [4.78, 5) is 13.7. The number of benzene rings is 2. The van der Waals surface area contributed by atoms with Gasteiger partial charge >= 0.3 is 12.1 Å². The van der Waals surface area contributed by atoms with Crippen molar-refractivity contribution in [3.8, 4) is 5.75 Å². The number of hydrogen-bond donors (Lipinski definition) is 1. The van der Waals surface area contributed by atoms with Crippen LogP contribution in [0.25, 0.3) is 0 Å². The standard InChI is InChI=1S/C21H22F3NO3/c1-28-18-8-3-2-6-16(18)19(25-13-5-4-7-17(25)20(26)27)14-9-11-15(12-10-14)21(22,23)24/h2-3,6,8-12,17,19H,4-5,7,13H2,1H3,(H,26,27). The fourth-order valence-electron chi connectivity index (χ4n) is 3.82. The zero-order valence-electron chi connectivity index (χ0n) is 15.4. The molecule has 0 amide bonds. The van der Waals surface area contributed by atoms with E-state index >= 15 is 0 Å². The summed E-state index contributed by atoms with van der Waals surface area (Å²) < 4.78 is 44.4. The highest BCUT2D eigenvalue weighted by Gasteiger charge is 2.37. The van der Waals surface area contributed by atoms with Crippen molar-refractivity contribution >= 4 is 5.97 Å². The molecule has 1 N–H and O–H groups in total. The van der Waals surface area contributed by atoms with Crippen molar-refractivity contribution in [3.63, 3.8) is 0 Å². The smallest absolute Gasteiger partial charge is 0.416 e. The Hall–Kier alpha value is -2.54. The molecule has 4 nitrogen and oxygen atoms in total. The molecule has 2 unspecified atom stereocenters. The van der Waals surface area contributed by atoms with E-state index in [0.29, 0.717) is 24.3 Å². The van der Waals surface area contributed by atoms with Gasteiger partial charge in [-0.3, -0.25) is 9.69 Å². The Kier molecular flexibility index (Phi) is 5.93. The first-order chi connectivity index (χ1) is 13.3. The summed E-state index contributed by atoms with van der Waals surface area (Å²) in [7, 11) is 1.52. The third-order valence-electron chi connectivity index (χ3n) is 5.15. The second kappa shape index (κ2) is 8.22. The normalized spacial score (nSPS) is 19.2. The van der Waals surface area contributed by atoms with E-state index in [0.717, 1.165) is 30.5 Å². The van der Waals surface area contributed by atoms with Crippen molar-refractivity contribution in [1.29, 1.82) is 0 Å². The zero-order valence-corrected chi connectivity index (χ0v) is 15.4. The van der Waals surface area contributed by atoms with Crippen molar-refractivity contribution in [2.24, 2.45) is 0 Å². The van der Waals surface area contributed by atoms with Crippen LogP contribution in [-0.2, 0) is 11.0 Å². The van der Waals surface area contributed by atoms with Crippen LogP contribution in [0, 0.1) is 0 Å². The minimum absolute atomic E-state index is 0.502. The van der Waals surface area contributed by atoms with Crippen LogP contribution < -0.4 is 4.74 Å². The quantitative estimate of drug-likeness (QED) is 0.797. The molecule has 2 aromatic carbocycles. The number of nitrogens with zero attached hydrogens (tertiary/aromatic N) is 1. The Labute approximate surface area is 161 Å². The van der Waals surface area contributed by atoms with Crippen LogP contribution in [0.4, 0.5) is 13.2 Å². The van der Waals surface area contributed by atoms with Crippen LogP contribution in [0.1, 0.15) is 42.0 Å². The molecule has 3 rings (SSSR count). The van der Waals surface area contributed by atoms with Crippen LogP contribution in [0.15, 0.2) is 48.5 Å². The molecule has 7 heteroatoms. The van der Waals surface area contributed by atoms with E-state index in [1.807, 2.05) is 17.0 Å². The lowest BCUT2D eigenvalue weighted by Gasteiger charge is -2.40. The first-order valence-corrected chi connectivity index (χ1v) is 9.11. The van der Waals surface area contributed by atoms with Crippen molar-refractivity contribution in [3.05, 3.63) is 65.2 Å². The maximum Gasteiger partial charge on any atom is 0.416 e. The van der Waals surface area contributed by atoms with Gasteiger partial charge in [-0.05, 0) is 43.1 Å². The van der Waals surface area contributed by atoms with Gasteiger partial charge in [0.2, 0.25) is 0 Å². The number of rotatable bonds is 5. The molecule has 0 radical (unpaired) electrons. The minimum atomic E-state index is -4.42. The third kappa shape index (κ3) is 4.14. The summed E-state index contributed by atoms with van der Waals surface area (Å²) in [6.45, 7) is 0.542. The van der Waals surface area contributed by atoms with Crippen molar-refractivity contribution in [2.75, 3.05) is 13.7 Å². The van der Waals surface area contributed by atoms with Gasteiger partial charge in [0.1, 0.15) is 11.8 Å². The van der Waals surface area contributed by atoms with E-state index in [9.17, 15) is 23.1 Å². The van der Waals surface area contributed by atoms with Gasteiger partial charge in [0, 0.05) is 5.56 Å². The predicted octanol–water partition coefficient (Wildman–Crippen LogP) is 4.74. The molecule has 2 aromatic rings. The van der Waals surface area contributed by atoms with Gasteiger partial charge in [0.05, 0.1) is 18.7 Å². The molecule has 1 saturated heterocycles. The molecular weight excluding hydrogens is 371 g/mol. The number of likely N-dealkylation sites (tertiary alicyclic amines) is 1. The van der Waals surface area contributed by atoms with E-state index in [4.69, 9.17) is 4.74 Å². The van der Waals surface area contributed by atoms with Gasteiger partial charge in [-0.2, -0.15) is 13.2 Å². The number of methoxy groups -OCH3 is 1. The molecule has 1 aliphatic rings. The summed E-state index contributed by atoms with van der Waals surface area (Å²) in [5.41, 5.74) is 0.604. The van der Waals surface area contributed by atoms with Gasteiger partial charge in [0.25, 0.3) is 0 Å². The van der Waals surface area contributed by atoms with Crippen LogP contribution >= 0.6 is 0 Å². The van der Waals surface area contributed by atoms with Crippen molar-refractivity contribution in [1.82, 2.24) is 4.90 Å². The first kappa shape index (κ1) is 20.2. The molecule has 0 aromatic heterocycles. The largest absolute Gasteiger partial charge is 0.496 e. The summed E-state index contributed by atoms with van der Waals surface area (Å²) in [6.07, 6.45) is -2.29. The fraction of sp³-hybridized carbons (Fsp3) is 0.381. The predicted molar refractivity (Wildman–Crippen MR) is 98.3 cm³/mol. The summed E-state index contributed by atoms with van der Waals surface area (Å²) in [6, 6.07) is 10.9. The second-order valence-corrected chi connectivity index (χ2v) is 6.85. The highest BCUT2D eigenvalue weighted by molar-refractivity contribution is 5.73. The molecule has 0 spiro atoms. The lowest BCUT2D eigenvalue weighted by atomic mass is 9.90. The Morgan fingerprint density at radius 1 is 1.14 bits per heavy atom. The number of para-hydroxylation sites is 1. The maximum atomic E-state index is 13.0. The Morgan fingerprint density at radius 3 is 2.43 bits per heavy atom. The number of carboxylic acids is 1.